The number of hydrogen-bond acceptors (Lipinski definition) is 4. The van der Waals surface area contributed by atoms with Crippen molar-refractivity contribution >= 4 is 39.7 Å². The third kappa shape index (κ3) is 11.2. The number of halogens is 2. The van der Waals surface area contributed by atoms with Gasteiger partial charge in [-0.2, -0.15) is 0 Å². The minimum absolute atomic E-state index is 0.325. The summed E-state index contributed by atoms with van der Waals surface area (Å²) in [6.45, 7) is 12.6. The molecule has 236 valence electrons. The van der Waals surface area contributed by atoms with E-state index in [0.717, 1.165) is 27.9 Å². The van der Waals surface area contributed by atoms with E-state index in [2.05, 4.69) is 75.1 Å². The van der Waals surface area contributed by atoms with E-state index >= 15 is 0 Å². The summed E-state index contributed by atoms with van der Waals surface area (Å²) >= 11 is 9.37. The standard InChI is InChI=1S/C21H24ClNO2.C15H20BrNO2/c1-21(2,3)25-20(24)23-13-17-12-19(17)16-6-4-14(5-7-16)15-8-10-18(22)11-9-15;1-15(2,3)19-14(18)17-9-11-8-13(11)10-4-6-12(16)7-5-10/h4-11,17,19H,12-13H2,1-3H3,(H,23,24);4-7,11,13H,8-9H2,1-3H3,(H,17,18). The van der Waals surface area contributed by atoms with Gasteiger partial charge in [-0.3, -0.25) is 0 Å². The number of nitrogens with one attached hydrogen (secondary N) is 2. The van der Waals surface area contributed by atoms with Gasteiger partial charge in [0.15, 0.2) is 0 Å². The van der Waals surface area contributed by atoms with Gasteiger partial charge in [0.25, 0.3) is 0 Å². The van der Waals surface area contributed by atoms with Gasteiger partial charge in [-0.15, -0.1) is 0 Å². The SMILES string of the molecule is CC(C)(C)OC(=O)NCC1CC1c1ccc(-c2ccc(Cl)cc2)cc1.CC(C)(C)OC(=O)NCC1CC1c1ccc(Br)cc1. The van der Waals surface area contributed by atoms with Crippen LogP contribution in [0.1, 0.15) is 77.3 Å². The van der Waals surface area contributed by atoms with Crippen LogP contribution in [-0.4, -0.2) is 36.5 Å². The van der Waals surface area contributed by atoms with Crippen molar-refractivity contribution in [2.45, 2.75) is 77.4 Å². The van der Waals surface area contributed by atoms with Gasteiger partial charge >= 0.3 is 12.2 Å². The molecule has 0 bridgehead atoms. The highest BCUT2D eigenvalue weighted by molar-refractivity contribution is 9.10. The Kier molecular flexibility index (Phi) is 11.1. The lowest BCUT2D eigenvalue weighted by Crippen LogP contribution is -2.33. The third-order valence-corrected chi connectivity index (χ3v) is 8.26. The van der Waals surface area contributed by atoms with Crippen molar-refractivity contribution in [2.24, 2.45) is 11.8 Å². The molecule has 8 heteroatoms. The predicted octanol–water partition coefficient (Wildman–Crippen LogP) is 9.71. The number of carbonyl (C=O) groups excluding carboxylic acids is 2. The van der Waals surface area contributed by atoms with Crippen LogP contribution in [0.4, 0.5) is 9.59 Å². The van der Waals surface area contributed by atoms with Crippen LogP contribution in [0.15, 0.2) is 77.3 Å². The lowest BCUT2D eigenvalue weighted by atomic mass is 10.0. The molecule has 2 fully saturated rings. The summed E-state index contributed by atoms with van der Waals surface area (Å²) < 4.78 is 11.6. The summed E-state index contributed by atoms with van der Waals surface area (Å²) in [4.78, 5) is 23.3. The third-order valence-electron chi connectivity index (χ3n) is 7.47. The zero-order valence-corrected chi connectivity index (χ0v) is 28.8. The molecule has 2 aliphatic rings. The van der Waals surface area contributed by atoms with Crippen molar-refractivity contribution in [1.82, 2.24) is 10.6 Å². The number of benzene rings is 3. The Balaban J connectivity index is 0.000000209. The lowest BCUT2D eigenvalue weighted by molar-refractivity contribution is 0.0513. The van der Waals surface area contributed by atoms with E-state index in [-0.39, 0.29) is 12.2 Å². The Hall–Kier alpha value is -3.03. The van der Waals surface area contributed by atoms with E-state index in [9.17, 15) is 9.59 Å². The van der Waals surface area contributed by atoms with Crippen molar-refractivity contribution in [1.29, 1.82) is 0 Å². The second kappa shape index (κ2) is 14.4. The summed E-state index contributed by atoms with van der Waals surface area (Å²) in [5, 5.41) is 6.46. The van der Waals surface area contributed by atoms with Crippen LogP contribution in [0.25, 0.3) is 11.1 Å². The number of amides is 2. The average molecular weight is 684 g/mol. The van der Waals surface area contributed by atoms with Gasteiger partial charge < -0.3 is 20.1 Å². The summed E-state index contributed by atoms with van der Waals surface area (Å²) in [6, 6.07) is 24.9. The van der Waals surface area contributed by atoms with Gasteiger partial charge in [0.1, 0.15) is 11.2 Å². The topological polar surface area (TPSA) is 76.7 Å². The fourth-order valence-corrected chi connectivity index (χ4v) is 5.49. The highest BCUT2D eigenvalue weighted by Gasteiger charge is 2.39. The Labute approximate surface area is 275 Å². The van der Waals surface area contributed by atoms with Crippen LogP contribution in [-0.2, 0) is 9.47 Å². The van der Waals surface area contributed by atoms with E-state index in [1.165, 1.54) is 16.7 Å². The fraction of sp³-hybridized carbons (Fsp3) is 0.444. The highest BCUT2D eigenvalue weighted by atomic mass is 79.9. The summed E-state index contributed by atoms with van der Waals surface area (Å²) in [5.41, 5.74) is 4.13. The maximum atomic E-state index is 11.7. The normalized spacial score (nSPS) is 20.5. The summed E-state index contributed by atoms with van der Waals surface area (Å²) in [5.74, 6) is 2.12. The Morgan fingerprint density at radius 3 is 1.43 bits per heavy atom. The van der Waals surface area contributed by atoms with E-state index in [4.69, 9.17) is 21.1 Å². The van der Waals surface area contributed by atoms with E-state index < -0.39 is 11.2 Å². The molecule has 4 unspecified atom stereocenters. The van der Waals surface area contributed by atoms with Crippen LogP contribution >= 0.6 is 27.5 Å². The van der Waals surface area contributed by atoms with E-state index in [1.807, 2.05) is 65.8 Å². The average Bonchev–Trinajstić information content (AvgIpc) is 3.86. The van der Waals surface area contributed by atoms with Crippen molar-refractivity contribution in [2.75, 3.05) is 13.1 Å². The molecule has 3 aromatic rings. The first kappa shape index (κ1) is 33.9. The maximum Gasteiger partial charge on any atom is 0.407 e. The fourth-order valence-electron chi connectivity index (χ4n) is 5.10. The van der Waals surface area contributed by atoms with E-state index in [0.29, 0.717) is 36.8 Å². The molecule has 0 aromatic heterocycles. The molecular weight excluding hydrogens is 640 g/mol. The molecule has 2 aliphatic carbocycles. The van der Waals surface area contributed by atoms with Crippen LogP contribution < -0.4 is 10.6 Å². The van der Waals surface area contributed by atoms with Crippen molar-refractivity contribution in [3.63, 3.8) is 0 Å². The zero-order valence-electron chi connectivity index (χ0n) is 26.5. The van der Waals surface area contributed by atoms with Gasteiger partial charge in [0, 0.05) is 22.6 Å². The van der Waals surface area contributed by atoms with Crippen LogP contribution in [0.3, 0.4) is 0 Å². The monoisotopic (exact) mass is 682 g/mol. The first-order valence-corrected chi connectivity index (χ1v) is 16.4. The Morgan fingerprint density at radius 1 is 0.682 bits per heavy atom. The lowest BCUT2D eigenvalue weighted by Gasteiger charge is -2.19. The minimum atomic E-state index is -0.454. The minimum Gasteiger partial charge on any atom is -0.444 e. The van der Waals surface area contributed by atoms with Gasteiger partial charge in [0.05, 0.1) is 0 Å². The van der Waals surface area contributed by atoms with Crippen LogP contribution in [0, 0.1) is 11.8 Å². The van der Waals surface area contributed by atoms with E-state index in [1.54, 1.807) is 0 Å². The first-order chi connectivity index (χ1) is 20.7. The number of ether oxygens (including phenoxy) is 2. The molecule has 4 atom stereocenters. The smallest absolute Gasteiger partial charge is 0.407 e. The molecule has 2 N–H and O–H groups in total. The van der Waals surface area contributed by atoms with Gasteiger partial charge in [-0.1, -0.05) is 76.1 Å². The number of alkyl carbamates (subject to hydrolysis) is 2. The molecular formula is C36H44BrClN2O4. The molecule has 5 rings (SSSR count). The second-order valence-corrected chi connectivity index (χ2v) is 15.0. The molecule has 0 radical (unpaired) electrons. The number of hydrogen-bond donors (Lipinski definition) is 2. The molecule has 2 saturated carbocycles. The summed E-state index contributed by atoms with van der Waals surface area (Å²) in [6.07, 6.45) is 1.58. The van der Waals surface area contributed by atoms with Gasteiger partial charge in [0.2, 0.25) is 0 Å². The largest absolute Gasteiger partial charge is 0.444 e. The summed E-state index contributed by atoms with van der Waals surface area (Å²) in [7, 11) is 0. The molecule has 2 amide bonds. The van der Waals surface area contributed by atoms with Crippen molar-refractivity contribution < 1.29 is 19.1 Å². The first-order valence-electron chi connectivity index (χ1n) is 15.2. The zero-order chi connectivity index (χ0) is 32.1. The maximum absolute atomic E-state index is 11.7. The molecule has 0 heterocycles. The Bertz CT molecular complexity index is 1400. The van der Waals surface area contributed by atoms with Gasteiger partial charge in [-0.25, -0.2) is 9.59 Å². The second-order valence-electron chi connectivity index (χ2n) is 13.7. The molecule has 6 nitrogen and oxygen atoms in total. The predicted molar refractivity (Wildman–Crippen MR) is 181 cm³/mol. The number of carbonyl (C=O) groups is 2. The molecule has 0 spiro atoms. The van der Waals surface area contributed by atoms with Gasteiger partial charge in [-0.05, 0) is 125 Å². The Morgan fingerprint density at radius 2 is 1.05 bits per heavy atom. The molecule has 0 aliphatic heterocycles. The van der Waals surface area contributed by atoms with Crippen LogP contribution in [0.2, 0.25) is 5.02 Å². The van der Waals surface area contributed by atoms with Crippen molar-refractivity contribution in [3.8, 4) is 11.1 Å². The quantitative estimate of drug-likeness (QED) is 0.260. The van der Waals surface area contributed by atoms with Crippen molar-refractivity contribution in [3.05, 3.63) is 93.4 Å². The number of rotatable bonds is 7. The molecule has 3 aromatic carbocycles. The van der Waals surface area contributed by atoms with Crippen LogP contribution in [0.5, 0.6) is 0 Å². The molecule has 44 heavy (non-hydrogen) atoms. The highest BCUT2D eigenvalue weighted by Crippen LogP contribution is 2.48. The molecule has 0 saturated heterocycles.